The topological polar surface area (TPSA) is 76.2 Å². The fourth-order valence-electron chi connectivity index (χ4n) is 3.32. The number of anilines is 1. The summed E-state index contributed by atoms with van der Waals surface area (Å²) in [6.07, 6.45) is 0.497. The van der Waals surface area contributed by atoms with Gasteiger partial charge in [-0.25, -0.2) is 8.42 Å². The van der Waals surface area contributed by atoms with Gasteiger partial charge < -0.3 is 19.3 Å². The second-order valence-corrected chi connectivity index (χ2v) is 8.69. The van der Waals surface area contributed by atoms with E-state index in [9.17, 15) is 13.2 Å². The van der Waals surface area contributed by atoms with Crippen molar-refractivity contribution in [3.8, 4) is 5.75 Å². The zero-order valence-electron chi connectivity index (χ0n) is 14.6. The third-order valence-electron chi connectivity index (χ3n) is 4.85. The maximum Gasteiger partial charge on any atom is 0.253 e. The lowest BCUT2D eigenvalue weighted by atomic mass is 10.1. The number of nitrogens with zero attached hydrogens (tertiary/aromatic N) is 2. The number of hydrogen-bond acceptors (Lipinski definition) is 6. The predicted molar refractivity (Wildman–Crippen MR) is 95.2 cm³/mol. The highest BCUT2D eigenvalue weighted by molar-refractivity contribution is 7.91. The van der Waals surface area contributed by atoms with E-state index in [0.717, 1.165) is 18.8 Å². The summed E-state index contributed by atoms with van der Waals surface area (Å²) in [5.74, 6) is 0.738. The van der Waals surface area contributed by atoms with Gasteiger partial charge in [-0.2, -0.15) is 0 Å². The molecule has 0 N–H and O–H groups in total. The van der Waals surface area contributed by atoms with Crippen LogP contribution in [0.2, 0.25) is 0 Å². The summed E-state index contributed by atoms with van der Waals surface area (Å²) >= 11 is 0. The molecule has 2 saturated heterocycles. The Morgan fingerprint density at radius 1 is 1.32 bits per heavy atom. The average molecular weight is 368 g/mol. The number of carbonyl (C=O) groups excluding carboxylic acids is 1. The third kappa shape index (κ3) is 3.90. The summed E-state index contributed by atoms with van der Waals surface area (Å²) in [5, 5.41) is 0. The highest BCUT2D eigenvalue weighted by Crippen LogP contribution is 2.31. The van der Waals surface area contributed by atoms with Gasteiger partial charge >= 0.3 is 0 Å². The summed E-state index contributed by atoms with van der Waals surface area (Å²) in [6.45, 7) is 2.76. The van der Waals surface area contributed by atoms with E-state index in [1.165, 1.54) is 0 Å². The molecule has 2 fully saturated rings. The number of rotatable bonds is 4. The molecule has 0 aromatic heterocycles. The predicted octanol–water partition coefficient (Wildman–Crippen LogP) is 0.791. The van der Waals surface area contributed by atoms with Crippen molar-refractivity contribution in [3.05, 3.63) is 23.8 Å². The summed E-state index contributed by atoms with van der Waals surface area (Å²) in [6, 6.07) is 5.08. The van der Waals surface area contributed by atoms with Crippen LogP contribution in [-0.2, 0) is 14.6 Å². The molecule has 0 saturated carbocycles. The minimum absolute atomic E-state index is 0.0434. The second-order valence-electron chi connectivity index (χ2n) is 6.46. The number of methoxy groups -OCH3 is 1. The monoisotopic (exact) mass is 368 g/mol. The Bertz CT molecular complexity index is 743. The van der Waals surface area contributed by atoms with Crippen LogP contribution in [0.3, 0.4) is 0 Å². The highest BCUT2D eigenvalue weighted by atomic mass is 32.2. The molecule has 0 bridgehead atoms. The lowest BCUT2D eigenvalue weighted by molar-refractivity contribution is 0.0747. The van der Waals surface area contributed by atoms with Crippen molar-refractivity contribution < 1.29 is 22.7 Å². The van der Waals surface area contributed by atoms with Crippen molar-refractivity contribution in [3.63, 3.8) is 0 Å². The Morgan fingerprint density at radius 3 is 2.64 bits per heavy atom. The summed E-state index contributed by atoms with van der Waals surface area (Å²) in [4.78, 5) is 16.5. The number of hydrogen-bond donors (Lipinski definition) is 0. The number of ether oxygens (including phenoxy) is 2. The molecule has 3 rings (SSSR count). The maximum atomic E-state index is 12.8. The zero-order chi connectivity index (χ0) is 18.0. The van der Waals surface area contributed by atoms with Crippen LogP contribution in [0.15, 0.2) is 18.2 Å². The molecule has 1 aromatic carbocycles. The molecule has 138 valence electrons. The molecule has 1 amide bonds. The SMILES string of the molecule is COc1ccc(C(=O)N(C)[C@H]2CCS(=O)(=O)C2)cc1N1CCOCC1. The lowest BCUT2D eigenvalue weighted by Gasteiger charge is -2.31. The first-order valence-corrected chi connectivity index (χ1v) is 10.2. The summed E-state index contributed by atoms with van der Waals surface area (Å²) < 4.78 is 34.2. The molecule has 7 nitrogen and oxygen atoms in total. The van der Waals surface area contributed by atoms with Crippen molar-refractivity contribution in [1.82, 2.24) is 4.90 Å². The normalized spacial score (nSPS) is 22.6. The molecule has 25 heavy (non-hydrogen) atoms. The molecule has 1 atom stereocenters. The number of sulfone groups is 1. The number of carbonyl (C=O) groups is 1. The van der Waals surface area contributed by atoms with Crippen LogP contribution < -0.4 is 9.64 Å². The van der Waals surface area contributed by atoms with E-state index in [1.54, 1.807) is 31.2 Å². The molecule has 0 radical (unpaired) electrons. The van der Waals surface area contributed by atoms with Gasteiger partial charge in [0.15, 0.2) is 9.84 Å². The number of amides is 1. The van der Waals surface area contributed by atoms with Crippen LogP contribution >= 0.6 is 0 Å². The molecule has 2 aliphatic heterocycles. The van der Waals surface area contributed by atoms with E-state index < -0.39 is 9.84 Å². The van der Waals surface area contributed by atoms with E-state index in [-0.39, 0.29) is 23.5 Å². The molecule has 0 aliphatic carbocycles. The zero-order valence-corrected chi connectivity index (χ0v) is 15.4. The van der Waals surface area contributed by atoms with Gasteiger partial charge in [0.2, 0.25) is 0 Å². The molecular weight excluding hydrogens is 344 g/mol. The van der Waals surface area contributed by atoms with Gasteiger partial charge in [-0.3, -0.25) is 4.79 Å². The largest absolute Gasteiger partial charge is 0.495 e. The van der Waals surface area contributed by atoms with E-state index in [1.807, 2.05) is 6.07 Å². The Morgan fingerprint density at radius 2 is 2.04 bits per heavy atom. The first-order valence-electron chi connectivity index (χ1n) is 8.39. The first-order chi connectivity index (χ1) is 11.9. The Kier molecular flexibility index (Phi) is 5.19. The van der Waals surface area contributed by atoms with Crippen molar-refractivity contribution in [2.24, 2.45) is 0 Å². The lowest BCUT2D eigenvalue weighted by Crippen LogP contribution is -2.38. The van der Waals surface area contributed by atoms with Crippen LogP contribution in [-0.4, -0.2) is 77.2 Å². The number of benzene rings is 1. The van der Waals surface area contributed by atoms with Gasteiger partial charge in [-0.05, 0) is 24.6 Å². The Hall–Kier alpha value is -1.80. The van der Waals surface area contributed by atoms with E-state index in [2.05, 4.69) is 4.90 Å². The quantitative estimate of drug-likeness (QED) is 0.782. The van der Waals surface area contributed by atoms with E-state index >= 15 is 0 Å². The van der Waals surface area contributed by atoms with Gasteiger partial charge in [0.05, 0.1) is 37.5 Å². The summed E-state index contributed by atoms with van der Waals surface area (Å²) in [5.41, 5.74) is 1.40. The second kappa shape index (κ2) is 7.21. The van der Waals surface area contributed by atoms with E-state index in [0.29, 0.717) is 30.9 Å². The van der Waals surface area contributed by atoms with Crippen molar-refractivity contribution in [1.29, 1.82) is 0 Å². The van der Waals surface area contributed by atoms with Crippen molar-refractivity contribution in [2.45, 2.75) is 12.5 Å². The molecule has 0 unspecified atom stereocenters. The smallest absolute Gasteiger partial charge is 0.253 e. The van der Waals surface area contributed by atoms with Gasteiger partial charge in [-0.15, -0.1) is 0 Å². The van der Waals surface area contributed by atoms with Crippen molar-refractivity contribution >= 4 is 21.4 Å². The van der Waals surface area contributed by atoms with E-state index in [4.69, 9.17) is 9.47 Å². The molecule has 2 aliphatic rings. The third-order valence-corrected chi connectivity index (χ3v) is 6.60. The average Bonchev–Trinajstić information content (AvgIpc) is 3.00. The van der Waals surface area contributed by atoms with Crippen molar-refractivity contribution in [2.75, 3.05) is 56.9 Å². The maximum absolute atomic E-state index is 12.8. The van der Waals surface area contributed by atoms with Crippen LogP contribution in [0.1, 0.15) is 16.8 Å². The minimum Gasteiger partial charge on any atom is -0.495 e. The van der Waals surface area contributed by atoms with Gasteiger partial charge in [0.1, 0.15) is 5.75 Å². The van der Waals surface area contributed by atoms with Gasteiger partial charge in [0, 0.05) is 31.7 Å². The van der Waals surface area contributed by atoms with Gasteiger partial charge in [-0.1, -0.05) is 0 Å². The van der Waals surface area contributed by atoms with Crippen LogP contribution in [0.4, 0.5) is 5.69 Å². The first kappa shape index (κ1) is 18.0. The highest BCUT2D eigenvalue weighted by Gasteiger charge is 2.33. The molecular formula is C17H24N2O5S. The van der Waals surface area contributed by atoms with Crippen LogP contribution in [0.5, 0.6) is 5.75 Å². The molecule has 8 heteroatoms. The van der Waals surface area contributed by atoms with Crippen LogP contribution in [0.25, 0.3) is 0 Å². The molecule has 0 spiro atoms. The number of morpholine rings is 1. The fourth-order valence-corrected chi connectivity index (χ4v) is 5.10. The Labute approximate surface area is 148 Å². The fraction of sp³-hybridized carbons (Fsp3) is 0.588. The van der Waals surface area contributed by atoms with Gasteiger partial charge in [0.25, 0.3) is 5.91 Å². The molecule has 2 heterocycles. The minimum atomic E-state index is -3.03. The molecule has 1 aromatic rings. The standard InChI is InChI=1S/C17H24N2O5S/c1-18(14-5-10-25(21,22)12-14)17(20)13-3-4-16(23-2)15(11-13)19-6-8-24-9-7-19/h3-4,11,14H,5-10,12H2,1-2H3/t14-/m0/s1. The summed E-state index contributed by atoms with van der Waals surface area (Å²) in [7, 11) is 0.252. The van der Waals surface area contributed by atoms with Crippen LogP contribution in [0, 0.1) is 0 Å². The Balaban J connectivity index is 1.82.